The second kappa shape index (κ2) is 8.46. The van der Waals surface area contributed by atoms with E-state index in [2.05, 4.69) is 12.2 Å². The summed E-state index contributed by atoms with van der Waals surface area (Å²) in [4.78, 5) is 13.0. The minimum absolute atomic E-state index is 0.0963. The number of carbonyl (C=O) groups is 1. The molecule has 156 valence electrons. The molecule has 1 saturated heterocycles. The molecule has 1 N–H and O–H groups in total. The Morgan fingerprint density at radius 2 is 1.66 bits per heavy atom. The van der Waals surface area contributed by atoms with Gasteiger partial charge >= 0.3 is 0 Å². The van der Waals surface area contributed by atoms with Crippen molar-refractivity contribution in [2.24, 2.45) is 5.92 Å². The van der Waals surface area contributed by atoms with Gasteiger partial charge in [0, 0.05) is 18.8 Å². The molecule has 1 fully saturated rings. The van der Waals surface area contributed by atoms with Gasteiger partial charge in [-0.1, -0.05) is 36.2 Å². The van der Waals surface area contributed by atoms with Gasteiger partial charge in [-0.05, 0) is 68.9 Å². The predicted molar refractivity (Wildman–Crippen MR) is 117 cm³/mol. The summed E-state index contributed by atoms with van der Waals surface area (Å²) in [5.41, 5.74) is 3.86. The highest BCUT2D eigenvalue weighted by Gasteiger charge is 2.29. The molecule has 1 aliphatic rings. The van der Waals surface area contributed by atoms with Crippen LogP contribution in [-0.4, -0.2) is 31.7 Å². The van der Waals surface area contributed by atoms with Gasteiger partial charge < -0.3 is 5.32 Å². The molecule has 0 radical (unpaired) electrons. The molecule has 7 heteroatoms. The summed E-state index contributed by atoms with van der Waals surface area (Å²) < 4.78 is 27.6. The summed E-state index contributed by atoms with van der Waals surface area (Å²) in [7, 11) is -3.66. The van der Waals surface area contributed by atoms with Crippen molar-refractivity contribution in [2.45, 2.75) is 45.4 Å². The monoisotopic (exact) mass is 434 g/mol. The van der Waals surface area contributed by atoms with Gasteiger partial charge in [0.1, 0.15) is 0 Å². The van der Waals surface area contributed by atoms with Crippen molar-refractivity contribution in [1.29, 1.82) is 0 Å². The molecule has 5 nitrogen and oxygen atoms in total. The normalized spacial score (nSPS) is 16.0. The minimum atomic E-state index is -3.66. The number of anilines is 1. The van der Waals surface area contributed by atoms with Gasteiger partial charge in [0.05, 0.1) is 15.5 Å². The fourth-order valence-electron chi connectivity index (χ4n) is 3.77. The Balaban J connectivity index is 1.90. The highest BCUT2D eigenvalue weighted by Crippen LogP contribution is 2.28. The molecule has 2 aromatic rings. The molecule has 0 unspecified atom stereocenters. The maximum atomic E-state index is 13.0. The third kappa shape index (κ3) is 4.65. The minimum Gasteiger partial charge on any atom is -0.321 e. The first-order valence-electron chi connectivity index (χ1n) is 9.78. The van der Waals surface area contributed by atoms with Crippen molar-refractivity contribution >= 4 is 33.2 Å². The zero-order chi connectivity index (χ0) is 21.3. The summed E-state index contributed by atoms with van der Waals surface area (Å²) in [6, 6.07) is 8.30. The van der Waals surface area contributed by atoms with Crippen molar-refractivity contribution in [2.75, 3.05) is 18.4 Å². The van der Waals surface area contributed by atoms with Gasteiger partial charge in [-0.3, -0.25) is 4.79 Å². The number of sulfonamides is 1. The van der Waals surface area contributed by atoms with Crippen molar-refractivity contribution in [3.63, 3.8) is 0 Å². The first kappa shape index (κ1) is 21.8. The van der Waals surface area contributed by atoms with Gasteiger partial charge in [0.25, 0.3) is 5.91 Å². The van der Waals surface area contributed by atoms with Crippen LogP contribution in [-0.2, 0) is 10.0 Å². The molecule has 1 aliphatic heterocycles. The molecule has 0 atom stereocenters. The first-order valence-corrected chi connectivity index (χ1v) is 11.6. The van der Waals surface area contributed by atoms with Crippen molar-refractivity contribution in [3.8, 4) is 0 Å². The van der Waals surface area contributed by atoms with Crippen LogP contribution in [0.4, 0.5) is 5.69 Å². The largest absolute Gasteiger partial charge is 0.321 e. The smallest absolute Gasteiger partial charge is 0.257 e. The van der Waals surface area contributed by atoms with Crippen LogP contribution in [0.2, 0.25) is 5.02 Å². The van der Waals surface area contributed by atoms with E-state index < -0.39 is 15.9 Å². The first-order chi connectivity index (χ1) is 13.6. The quantitative estimate of drug-likeness (QED) is 0.741. The third-order valence-electron chi connectivity index (χ3n) is 5.48. The van der Waals surface area contributed by atoms with E-state index in [-0.39, 0.29) is 15.5 Å². The Kier molecular flexibility index (Phi) is 6.36. The van der Waals surface area contributed by atoms with Gasteiger partial charge in [0.15, 0.2) is 0 Å². The fourth-order valence-corrected chi connectivity index (χ4v) is 5.47. The Morgan fingerprint density at radius 1 is 1.07 bits per heavy atom. The van der Waals surface area contributed by atoms with Crippen LogP contribution >= 0.6 is 11.6 Å². The number of nitrogens with one attached hydrogen (secondary N) is 1. The Labute approximate surface area is 178 Å². The number of hydrogen-bond donors (Lipinski definition) is 1. The van der Waals surface area contributed by atoms with E-state index >= 15 is 0 Å². The molecular weight excluding hydrogens is 408 g/mol. The SMILES string of the molecule is Cc1cc(C)c(NC(=O)c2cc(S(=O)(=O)N3CCC(C)CC3)ccc2Cl)c(C)c1. The topological polar surface area (TPSA) is 66.5 Å². The van der Waals surface area contributed by atoms with Crippen molar-refractivity contribution < 1.29 is 13.2 Å². The van der Waals surface area contributed by atoms with Crippen LogP contribution in [0.1, 0.15) is 46.8 Å². The molecular formula is C22H27ClN2O3S. The average molecular weight is 435 g/mol. The number of nitrogens with zero attached hydrogens (tertiary/aromatic N) is 1. The molecule has 1 heterocycles. The lowest BCUT2D eigenvalue weighted by molar-refractivity contribution is 0.102. The lowest BCUT2D eigenvalue weighted by Crippen LogP contribution is -2.37. The summed E-state index contributed by atoms with van der Waals surface area (Å²) in [5, 5.41) is 3.11. The second-order valence-electron chi connectivity index (χ2n) is 7.96. The Hall–Kier alpha value is -1.89. The maximum absolute atomic E-state index is 13.0. The number of carbonyl (C=O) groups excluding carboxylic acids is 1. The van der Waals surface area contributed by atoms with Crippen LogP contribution in [0.25, 0.3) is 0 Å². The molecule has 0 bridgehead atoms. The van der Waals surface area contributed by atoms with E-state index in [1.807, 2.05) is 32.9 Å². The lowest BCUT2D eigenvalue weighted by Gasteiger charge is -2.29. The highest BCUT2D eigenvalue weighted by molar-refractivity contribution is 7.89. The standard InChI is InChI=1S/C22H27ClN2O3S/c1-14-7-9-25(10-8-14)29(27,28)18-5-6-20(23)19(13-18)22(26)24-21-16(3)11-15(2)12-17(21)4/h5-6,11-14H,7-10H2,1-4H3,(H,24,26). The molecule has 0 saturated carbocycles. The summed E-state index contributed by atoms with van der Waals surface area (Å²) in [5.74, 6) is 0.100. The number of halogens is 1. The molecule has 0 aliphatic carbocycles. The third-order valence-corrected chi connectivity index (χ3v) is 7.70. The van der Waals surface area contributed by atoms with Crippen LogP contribution in [0, 0.1) is 26.7 Å². The molecule has 3 rings (SSSR count). The zero-order valence-electron chi connectivity index (χ0n) is 17.3. The van der Waals surface area contributed by atoms with Crippen molar-refractivity contribution in [1.82, 2.24) is 4.31 Å². The zero-order valence-corrected chi connectivity index (χ0v) is 18.8. The van der Waals surface area contributed by atoms with E-state index in [0.29, 0.717) is 19.0 Å². The van der Waals surface area contributed by atoms with Crippen LogP contribution < -0.4 is 5.32 Å². The van der Waals surface area contributed by atoms with E-state index in [1.54, 1.807) is 0 Å². The molecule has 29 heavy (non-hydrogen) atoms. The highest BCUT2D eigenvalue weighted by atomic mass is 35.5. The molecule has 0 spiro atoms. The van der Waals surface area contributed by atoms with Gasteiger partial charge in [-0.25, -0.2) is 8.42 Å². The average Bonchev–Trinajstić information content (AvgIpc) is 2.65. The summed E-state index contributed by atoms with van der Waals surface area (Å²) in [6.45, 7) is 8.97. The number of piperidine rings is 1. The van der Waals surface area contributed by atoms with Gasteiger partial charge in [0.2, 0.25) is 10.0 Å². The van der Waals surface area contributed by atoms with E-state index in [0.717, 1.165) is 35.2 Å². The number of amides is 1. The maximum Gasteiger partial charge on any atom is 0.257 e. The van der Waals surface area contributed by atoms with Crippen LogP contribution in [0.5, 0.6) is 0 Å². The molecule has 1 amide bonds. The Morgan fingerprint density at radius 3 is 2.24 bits per heavy atom. The van der Waals surface area contributed by atoms with E-state index in [4.69, 9.17) is 11.6 Å². The number of rotatable bonds is 4. The van der Waals surface area contributed by atoms with E-state index in [9.17, 15) is 13.2 Å². The van der Waals surface area contributed by atoms with E-state index in [1.165, 1.54) is 22.5 Å². The van der Waals surface area contributed by atoms with Gasteiger partial charge in [-0.2, -0.15) is 4.31 Å². The molecule has 0 aromatic heterocycles. The number of hydrogen-bond acceptors (Lipinski definition) is 3. The fraction of sp³-hybridized carbons (Fsp3) is 0.409. The number of aryl methyl sites for hydroxylation is 3. The van der Waals surface area contributed by atoms with Crippen LogP contribution in [0.3, 0.4) is 0 Å². The summed E-state index contributed by atoms with van der Waals surface area (Å²) >= 11 is 6.25. The van der Waals surface area contributed by atoms with Gasteiger partial charge in [-0.15, -0.1) is 0 Å². The lowest BCUT2D eigenvalue weighted by atomic mass is 10.0. The Bertz CT molecular complexity index is 1020. The second-order valence-corrected chi connectivity index (χ2v) is 10.3. The van der Waals surface area contributed by atoms with Crippen LogP contribution in [0.15, 0.2) is 35.2 Å². The van der Waals surface area contributed by atoms with Crippen molar-refractivity contribution in [3.05, 3.63) is 57.6 Å². The predicted octanol–water partition coefficient (Wildman–Crippen LogP) is 4.94. The molecule has 2 aromatic carbocycles. The summed E-state index contributed by atoms with van der Waals surface area (Å²) in [6.07, 6.45) is 1.68. The number of benzene rings is 2.